The lowest BCUT2D eigenvalue weighted by atomic mass is 9.99. The van der Waals surface area contributed by atoms with Crippen LogP contribution in [-0.4, -0.2) is 26.7 Å². The molecule has 0 aliphatic rings. The van der Waals surface area contributed by atoms with E-state index in [2.05, 4.69) is 12.6 Å². The summed E-state index contributed by atoms with van der Waals surface area (Å²) in [5, 5.41) is 9.24. The minimum atomic E-state index is -0.495. The van der Waals surface area contributed by atoms with Crippen LogP contribution in [0.4, 0.5) is 5.69 Å². The summed E-state index contributed by atoms with van der Waals surface area (Å²) in [6.45, 7) is 5.72. The summed E-state index contributed by atoms with van der Waals surface area (Å²) in [7, 11) is 3.68. The zero-order valence-electron chi connectivity index (χ0n) is 10.9. The number of nitriles is 1. The van der Waals surface area contributed by atoms with Gasteiger partial charge in [-0.05, 0) is 13.0 Å². The second-order valence-electron chi connectivity index (χ2n) is 3.90. The maximum absolute atomic E-state index is 11.6. The van der Waals surface area contributed by atoms with Crippen molar-refractivity contribution in [3.8, 4) is 6.07 Å². The van der Waals surface area contributed by atoms with Crippen LogP contribution in [0.15, 0.2) is 24.8 Å². The number of benzene rings is 1. The molecule has 0 spiro atoms. The second-order valence-corrected chi connectivity index (χ2v) is 3.90. The average molecular weight is 244 g/mol. The van der Waals surface area contributed by atoms with E-state index in [1.165, 1.54) is 0 Å². The molecule has 0 aliphatic heterocycles. The molecule has 1 aromatic carbocycles. The summed E-state index contributed by atoms with van der Waals surface area (Å²) < 4.78 is 4.90. The molecule has 0 saturated heterocycles. The van der Waals surface area contributed by atoms with Crippen LogP contribution >= 0.6 is 0 Å². The van der Waals surface area contributed by atoms with Crippen molar-refractivity contribution in [3.05, 3.63) is 35.9 Å². The maximum Gasteiger partial charge on any atom is 0.338 e. The predicted molar refractivity (Wildman–Crippen MR) is 71.2 cm³/mol. The first-order valence-electron chi connectivity index (χ1n) is 5.59. The highest BCUT2D eigenvalue weighted by Gasteiger charge is 2.17. The Morgan fingerprint density at radius 3 is 2.67 bits per heavy atom. The molecule has 1 aromatic rings. The zero-order chi connectivity index (χ0) is 13.7. The third-order valence-electron chi connectivity index (χ3n) is 2.48. The van der Waals surface area contributed by atoms with Crippen LogP contribution in [0.5, 0.6) is 0 Å². The molecule has 0 aromatic heterocycles. The van der Waals surface area contributed by atoms with Gasteiger partial charge in [0.15, 0.2) is 0 Å². The van der Waals surface area contributed by atoms with E-state index in [1.807, 2.05) is 25.1 Å². The van der Waals surface area contributed by atoms with E-state index in [4.69, 9.17) is 4.74 Å². The Morgan fingerprint density at radius 2 is 2.17 bits per heavy atom. The van der Waals surface area contributed by atoms with Crippen molar-refractivity contribution in [3.63, 3.8) is 0 Å². The Hall–Kier alpha value is -2.28. The van der Waals surface area contributed by atoms with Gasteiger partial charge in [0.05, 0.1) is 23.4 Å². The van der Waals surface area contributed by atoms with Gasteiger partial charge in [-0.3, -0.25) is 0 Å². The fourth-order valence-electron chi connectivity index (χ4n) is 1.61. The molecule has 0 fully saturated rings. The summed E-state index contributed by atoms with van der Waals surface area (Å²) in [4.78, 5) is 13.5. The van der Waals surface area contributed by atoms with Crippen LogP contribution in [-0.2, 0) is 9.53 Å². The van der Waals surface area contributed by atoms with Crippen molar-refractivity contribution in [2.75, 3.05) is 25.6 Å². The Balaban J connectivity index is 3.26. The SMILES string of the molecule is C=C(C(=O)OCC)c1cccc(N(C)C)c1C#N. The van der Waals surface area contributed by atoms with Crippen LogP contribution in [0, 0.1) is 11.3 Å². The number of esters is 1. The smallest absolute Gasteiger partial charge is 0.338 e. The van der Waals surface area contributed by atoms with Crippen molar-refractivity contribution in [1.82, 2.24) is 0 Å². The van der Waals surface area contributed by atoms with Crippen molar-refractivity contribution in [1.29, 1.82) is 5.26 Å². The van der Waals surface area contributed by atoms with Crippen molar-refractivity contribution in [2.24, 2.45) is 0 Å². The largest absolute Gasteiger partial charge is 0.462 e. The third-order valence-corrected chi connectivity index (χ3v) is 2.48. The van der Waals surface area contributed by atoms with Gasteiger partial charge < -0.3 is 9.64 Å². The number of anilines is 1. The molecular formula is C14H16N2O2. The Kier molecular flexibility index (Phi) is 4.50. The molecule has 4 heteroatoms. The fraction of sp³-hybridized carbons (Fsp3) is 0.286. The van der Waals surface area contributed by atoms with Crippen LogP contribution < -0.4 is 4.90 Å². The van der Waals surface area contributed by atoms with Crippen molar-refractivity contribution >= 4 is 17.2 Å². The number of carbonyl (C=O) groups excluding carboxylic acids is 1. The number of hydrogen-bond acceptors (Lipinski definition) is 4. The first-order chi connectivity index (χ1) is 8.52. The van der Waals surface area contributed by atoms with Gasteiger partial charge in [-0.1, -0.05) is 18.7 Å². The molecule has 0 unspecified atom stereocenters. The van der Waals surface area contributed by atoms with Gasteiger partial charge in [-0.2, -0.15) is 5.26 Å². The first-order valence-corrected chi connectivity index (χ1v) is 5.59. The standard InChI is InChI=1S/C14H16N2O2/c1-5-18-14(17)10(2)11-7-6-8-13(16(3)4)12(11)9-15/h6-8H,2,5H2,1,3-4H3. The molecule has 4 nitrogen and oxygen atoms in total. The molecule has 1 rings (SSSR count). The molecule has 0 atom stereocenters. The van der Waals surface area contributed by atoms with E-state index in [0.717, 1.165) is 5.69 Å². The lowest BCUT2D eigenvalue weighted by molar-refractivity contribution is -0.136. The molecular weight excluding hydrogens is 228 g/mol. The van der Waals surface area contributed by atoms with E-state index < -0.39 is 5.97 Å². The van der Waals surface area contributed by atoms with E-state index in [0.29, 0.717) is 11.1 Å². The lowest BCUT2D eigenvalue weighted by Gasteiger charge is -2.17. The van der Waals surface area contributed by atoms with Gasteiger partial charge in [0.2, 0.25) is 0 Å². The van der Waals surface area contributed by atoms with Crippen molar-refractivity contribution < 1.29 is 9.53 Å². The zero-order valence-corrected chi connectivity index (χ0v) is 10.9. The number of rotatable bonds is 4. The Labute approximate surface area is 107 Å². The average Bonchev–Trinajstić information content (AvgIpc) is 2.36. The molecule has 18 heavy (non-hydrogen) atoms. The molecule has 0 radical (unpaired) electrons. The Bertz CT molecular complexity index is 513. The first kappa shape index (κ1) is 13.8. The summed E-state index contributed by atoms with van der Waals surface area (Å²) in [5.74, 6) is -0.495. The highest BCUT2D eigenvalue weighted by Crippen LogP contribution is 2.26. The van der Waals surface area contributed by atoms with Crippen LogP contribution in [0.25, 0.3) is 5.57 Å². The number of hydrogen-bond donors (Lipinski definition) is 0. The topological polar surface area (TPSA) is 53.3 Å². The number of ether oxygens (including phenoxy) is 1. The van der Waals surface area contributed by atoms with E-state index in [9.17, 15) is 10.1 Å². The van der Waals surface area contributed by atoms with E-state index in [1.54, 1.807) is 19.1 Å². The quantitative estimate of drug-likeness (QED) is 0.602. The van der Waals surface area contributed by atoms with E-state index in [-0.39, 0.29) is 12.2 Å². The van der Waals surface area contributed by atoms with Crippen LogP contribution in [0.1, 0.15) is 18.1 Å². The number of carbonyl (C=O) groups is 1. The van der Waals surface area contributed by atoms with Crippen LogP contribution in [0.3, 0.4) is 0 Å². The third kappa shape index (κ3) is 2.69. The van der Waals surface area contributed by atoms with Gasteiger partial charge in [0, 0.05) is 19.7 Å². The normalized spacial score (nSPS) is 9.44. The molecule has 0 saturated carbocycles. The monoisotopic (exact) mass is 244 g/mol. The summed E-state index contributed by atoms with van der Waals surface area (Å²) in [5.41, 5.74) is 1.90. The highest BCUT2D eigenvalue weighted by atomic mass is 16.5. The van der Waals surface area contributed by atoms with Crippen molar-refractivity contribution in [2.45, 2.75) is 6.92 Å². The molecule has 94 valence electrons. The summed E-state index contributed by atoms with van der Waals surface area (Å²) in [6, 6.07) is 7.42. The van der Waals surface area contributed by atoms with Gasteiger partial charge in [-0.25, -0.2) is 4.79 Å². The molecule has 0 N–H and O–H groups in total. The number of nitrogens with zero attached hydrogens (tertiary/aromatic N) is 2. The molecule has 0 aliphatic carbocycles. The fourth-order valence-corrected chi connectivity index (χ4v) is 1.61. The molecule has 0 amide bonds. The predicted octanol–water partition coefficient (Wildman–Crippen LogP) is 2.20. The van der Waals surface area contributed by atoms with Crippen LogP contribution in [0.2, 0.25) is 0 Å². The summed E-state index contributed by atoms with van der Waals surface area (Å²) >= 11 is 0. The maximum atomic E-state index is 11.6. The Morgan fingerprint density at radius 1 is 1.50 bits per heavy atom. The molecule has 0 bridgehead atoms. The second kappa shape index (κ2) is 5.87. The van der Waals surface area contributed by atoms with Gasteiger partial charge >= 0.3 is 5.97 Å². The summed E-state index contributed by atoms with van der Waals surface area (Å²) in [6.07, 6.45) is 0. The van der Waals surface area contributed by atoms with Gasteiger partial charge in [0.25, 0.3) is 0 Å². The highest BCUT2D eigenvalue weighted by molar-refractivity contribution is 6.16. The van der Waals surface area contributed by atoms with Gasteiger partial charge in [-0.15, -0.1) is 0 Å². The van der Waals surface area contributed by atoms with E-state index >= 15 is 0 Å². The minimum absolute atomic E-state index is 0.206. The minimum Gasteiger partial charge on any atom is -0.462 e. The van der Waals surface area contributed by atoms with Gasteiger partial charge in [0.1, 0.15) is 6.07 Å². The molecule has 0 heterocycles. The lowest BCUT2D eigenvalue weighted by Crippen LogP contribution is -2.13.